The van der Waals surface area contributed by atoms with Crippen molar-refractivity contribution in [2.45, 2.75) is 37.6 Å². The van der Waals surface area contributed by atoms with E-state index < -0.39 is 0 Å². The molecule has 1 heterocycles. The zero-order chi connectivity index (χ0) is 11.8. The standard InChI is InChI=1S/C13H17BrFN/c1-13(2)7-4-8-16(13)12-10(9-14)5-3-6-11(12)15/h3,5-6H,4,7-9H2,1-2H3. The fraction of sp³-hybridized carbons (Fsp3) is 0.538. The van der Waals surface area contributed by atoms with E-state index in [4.69, 9.17) is 0 Å². The van der Waals surface area contributed by atoms with Gasteiger partial charge < -0.3 is 4.90 Å². The van der Waals surface area contributed by atoms with Gasteiger partial charge in [-0.05, 0) is 38.3 Å². The number of nitrogens with zero attached hydrogens (tertiary/aromatic N) is 1. The Morgan fingerprint density at radius 2 is 2.19 bits per heavy atom. The lowest BCUT2D eigenvalue weighted by atomic mass is 10.0. The zero-order valence-corrected chi connectivity index (χ0v) is 11.3. The van der Waals surface area contributed by atoms with Crippen molar-refractivity contribution < 1.29 is 4.39 Å². The first-order valence-corrected chi connectivity index (χ1v) is 6.79. The predicted molar refractivity (Wildman–Crippen MR) is 69.7 cm³/mol. The molecule has 0 saturated carbocycles. The predicted octanol–water partition coefficient (Wildman–Crippen LogP) is 4.10. The van der Waals surface area contributed by atoms with E-state index in [2.05, 4.69) is 34.7 Å². The molecule has 0 spiro atoms. The van der Waals surface area contributed by atoms with Crippen molar-refractivity contribution in [3.05, 3.63) is 29.6 Å². The minimum Gasteiger partial charge on any atom is -0.364 e. The van der Waals surface area contributed by atoms with E-state index in [1.165, 1.54) is 0 Å². The number of anilines is 1. The van der Waals surface area contributed by atoms with Crippen LogP contribution < -0.4 is 4.90 Å². The van der Waals surface area contributed by atoms with Crippen molar-refractivity contribution in [2.24, 2.45) is 0 Å². The minimum atomic E-state index is -0.105. The molecule has 3 heteroatoms. The molecular formula is C13H17BrFN. The van der Waals surface area contributed by atoms with Crippen LogP contribution in [0.25, 0.3) is 0 Å². The minimum absolute atomic E-state index is 0.0686. The van der Waals surface area contributed by atoms with Crippen molar-refractivity contribution in [2.75, 3.05) is 11.4 Å². The van der Waals surface area contributed by atoms with Gasteiger partial charge in [-0.3, -0.25) is 0 Å². The Kier molecular flexibility index (Phi) is 3.24. The molecule has 0 aromatic heterocycles. The highest BCUT2D eigenvalue weighted by Crippen LogP contribution is 2.37. The molecule has 1 aliphatic rings. The van der Waals surface area contributed by atoms with Crippen molar-refractivity contribution in [1.29, 1.82) is 0 Å². The SMILES string of the molecule is CC1(C)CCCN1c1c(F)cccc1CBr. The van der Waals surface area contributed by atoms with Gasteiger partial charge in [0, 0.05) is 17.4 Å². The Morgan fingerprint density at radius 1 is 1.44 bits per heavy atom. The van der Waals surface area contributed by atoms with Crippen molar-refractivity contribution >= 4 is 21.6 Å². The third-order valence-electron chi connectivity index (χ3n) is 3.39. The molecule has 1 nitrogen and oxygen atoms in total. The Hall–Kier alpha value is -0.570. The second-order valence-corrected chi connectivity index (χ2v) is 5.51. The summed E-state index contributed by atoms with van der Waals surface area (Å²) >= 11 is 3.43. The summed E-state index contributed by atoms with van der Waals surface area (Å²) in [6, 6.07) is 5.32. The van der Waals surface area contributed by atoms with E-state index >= 15 is 0 Å². The van der Waals surface area contributed by atoms with Crippen LogP contribution in [0.2, 0.25) is 0 Å². The molecule has 0 atom stereocenters. The van der Waals surface area contributed by atoms with Crippen LogP contribution in [0.1, 0.15) is 32.3 Å². The summed E-state index contributed by atoms with van der Waals surface area (Å²) in [6.45, 7) is 5.32. The molecule has 16 heavy (non-hydrogen) atoms. The number of para-hydroxylation sites is 1. The molecular weight excluding hydrogens is 269 g/mol. The molecule has 2 rings (SSSR count). The van der Waals surface area contributed by atoms with Gasteiger partial charge in [-0.2, -0.15) is 0 Å². The fourth-order valence-corrected chi connectivity index (χ4v) is 2.94. The number of rotatable bonds is 2. The molecule has 0 N–H and O–H groups in total. The van der Waals surface area contributed by atoms with Crippen LogP contribution in [0.5, 0.6) is 0 Å². The van der Waals surface area contributed by atoms with Gasteiger partial charge in [0.15, 0.2) is 0 Å². The van der Waals surface area contributed by atoms with E-state index in [0.29, 0.717) is 5.33 Å². The van der Waals surface area contributed by atoms with Gasteiger partial charge in [0.2, 0.25) is 0 Å². The Labute approximate surface area is 105 Å². The molecule has 0 amide bonds. The summed E-state index contributed by atoms with van der Waals surface area (Å²) in [5, 5.41) is 0.701. The molecule has 0 bridgehead atoms. The molecule has 0 unspecified atom stereocenters. The first kappa shape index (κ1) is 11.9. The maximum absolute atomic E-state index is 14.0. The van der Waals surface area contributed by atoms with Gasteiger partial charge in [-0.25, -0.2) is 4.39 Å². The monoisotopic (exact) mass is 285 g/mol. The molecule has 1 aromatic rings. The quantitative estimate of drug-likeness (QED) is 0.740. The van der Waals surface area contributed by atoms with Crippen molar-refractivity contribution in [1.82, 2.24) is 0 Å². The summed E-state index contributed by atoms with van der Waals surface area (Å²) < 4.78 is 14.0. The number of halogens is 2. The highest BCUT2D eigenvalue weighted by atomic mass is 79.9. The summed E-state index contributed by atoms with van der Waals surface area (Å²) in [4.78, 5) is 2.21. The summed E-state index contributed by atoms with van der Waals surface area (Å²) in [5.74, 6) is -0.105. The lowest BCUT2D eigenvalue weighted by Gasteiger charge is -2.35. The van der Waals surface area contributed by atoms with Gasteiger partial charge in [0.05, 0.1) is 5.69 Å². The third kappa shape index (κ3) is 1.97. The van der Waals surface area contributed by atoms with Gasteiger partial charge in [0.25, 0.3) is 0 Å². The molecule has 0 aliphatic carbocycles. The maximum Gasteiger partial charge on any atom is 0.146 e. The molecule has 1 saturated heterocycles. The topological polar surface area (TPSA) is 3.24 Å². The second-order valence-electron chi connectivity index (χ2n) is 4.95. The van der Waals surface area contributed by atoms with Crippen LogP contribution in [-0.2, 0) is 5.33 Å². The normalized spacial score (nSPS) is 19.1. The third-order valence-corrected chi connectivity index (χ3v) is 3.99. The Morgan fingerprint density at radius 3 is 2.75 bits per heavy atom. The maximum atomic E-state index is 14.0. The average Bonchev–Trinajstić information content (AvgIpc) is 2.57. The largest absolute Gasteiger partial charge is 0.364 e. The average molecular weight is 286 g/mol. The molecule has 1 aromatic carbocycles. The summed E-state index contributed by atoms with van der Waals surface area (Å²) in [6.07, 6.45) is 2.27. The van der Waals surface area contributed by atoms with Crippen LogP contribution >= 0.6 is 15.9 Å². The summed E-state index contributed by atoms with van der Waals surface area (Å²) in [5.41, 5.74) is 1.89. The number of hydrogen-bond donors (Lipinski definition) is 0. The number of benzene rings is 1. The number of alkyl halides is 1. The van der Waals surface area contributed by atoms with Crippen molar-refractivity contribution in [3.63, 3.8) is 0 Å². The first-order valence-electron chi connectivity index (χ1n) is 5.67. The van der Waals surface area contributed by atoms with E-state index in [0.717, 1.165) is 30.6 Å². The van der Waals surface area contributed by atoms with Crippen LogP contribution in [0.15, 0.2) is 18.2 Å². The Bertz CT molecular complexity index is 390. The Balaban J connectivity index is 2.47. The van der Waals surface area contributed by atoms with Gasteiger partial charge in [-0.15, -0.1) is 0 Å². The molecule has 88 valence electrons. The van der Waals surface area contributed by atoms with E-state index in [-0.39, 0.29) is 11.4 Å². The number of hydrogen-bond acceptors (Lipinski definition) is 1. The highest BCUT2D eigenvalue weighted by Gasteiger charge is 2.34. The van der Waals surface area contributed by atoms with E-state index in [1.807, 2.05) is 6.07 Å². The first-order chi connectivity index (χ1) is 7.56. The van der Waals surface area contributed by atoms with Gasteiger partial charge in [-0.1, -0.05) is 28.1 Å². The van der Waals surface area contributed by atoms with Crippen LogP contribution in [-0.4, -0.2) is 12.1 Å². The summed E-state index contributed by atoms with van der Waals surface area (Å²) in [7, 11) is 0. The van der Waals surface area contributed by atoms with E-state index in [1.54, 1.807) is 12.1 Å². The lowest BCUT2D eigenvalue weighted by Crippen LogP contribution is -2.39. The molecule has 1 aliphatic heterocycles. The smallest absolute Gasteiger partial charge is 0.146 e. The van der Waals surface area contributed by atoms with Gasteiger partial charge >= 0.3 is 0 Å². The van der Waals surface area contributed by atoms with E-state index in [9.17, 15) is 4.39 Å². The van der Waals surface area contributed by atoms with Crippen molar-refractivity contribution in [3.8, 4) is 0 Å². The fourth-order valence-electron chi connectivity index (χ4n) is 2.49. The van der Waals surface area contributed by atoms with Crippen LogP contribution in [0.4, 0.5) is 10.1 Å². The van der Waals surface area contributed by atoms with Gasteiger partial charge in [0.1, 0.15) is 5.82 Å². The highest BCUT2D eigenvalue weighted by molar-refractivity contribution is 9.08. The molecule has 0 radical (unpaired) electrons. The van der Waals surface area contributed by atoms with Crippen LogP contribution in [0, 0.1) is 5.82 Å². The molecule has 1 fully saturated rings. The lowest BCUT2D eigenvalue weighted by molar-refractivity contribution is 0.505. The zero-order valence-electron chi connectivity index (χ0n) is 9.76. The van der Waals surface area contributed by atoms with Crippen LogP contribution in [0.3, 0.4) is 0 Å². The second kappa shape index (κ2) is 4.36.